The standard InChI is InChI=1S/C11H15N3O2/c1-2-3-8-16-11(15)14-10(12)9-6-4-5-7-13-9/h4-7H,2-3,8H2,1H3,(H2,12,14,15). The molecule has 0 unspecified atom stereocenters. The Morgan fingerprint density at radius 1 is 1.56 bits per heavy atom. The van der Waals surface area contributed by atoms with E-state index in [-0.39, 0.29) is 5.84 Å². The Hall–Kier alpha value is -1.91. The van der Waals surface area contributed by atoms with Gasteiger partial charge in [-0.2, -0.15) is 0 Å². The quantitative estimate of drug-likeness (QED) is 0.463. The Labute approximate surface area is 94.4 Å². The highest BCUT2D eigenvalue weighted by molar-refractivity contribution is 6.03. The SMILES string of the molecule is CCCCOC(=O)NC(=N)c1ccccn1. The van der Waals surface area contributed by atoms with E-state index >= 15 is 0 Å². The first-order valence-electron chi connectivity index (χ1n) is 5.17. The first kappa shape index (κ1) is 12.2. The third-order valence-electron chi connectivity index (χ3n) is 1.88. The van der Waals surface area contributed by atoms with Crippen molar-refractivity contribution < 1.29 is 9.53 Å². The normalized spacial score (nSPS) is 9.56. The first-order valence-corrected chi connectivity index (χ1v) is 5.17. The number of alkyl carbamates (subject to hydrolysis) is 1. The van der Waals surface area contributed by atoms with Crippen molar-refractivity contribution in [1.82, 2.24) is 10.3 Å². The number of aromatic nitrogens is 1. The van der Waals surface area contributed by atoms with Crippen LogP contribution in [0, 0.1) is 5.41 Å². The van der Waals surface area contributed by atoms with Gasteiger partial charge in [0.05, 0.1) is 6.61 Å². The van der Waals surface area contributed by atoms with Gasteiger partial charge in [0.15, 0.2) is 5.84 Å². The predicted octanol–water partition coefficient (Wildman–Crippen LogP) is 1.93. The minimum absolute atomic E-state index is 0.0536. The predicted molar refractivity (Wildman–Crippen MR) is 60.5 cm³/mol. The second-order valence-electron chi connectivity index (χ2n) is 3.20. The summed E-state index contributed by atoms with van der Waals surface area (Å²) in [5.74, 6) is -0.0536. The number of amides is 1. The van der Waals surface area contributed by atoms with Gasteiger partial charge in [-0.1, -0.05) is 19.4 Å². The summed E-state index contributed by atoms with van der Waals surface area (Å²) in [7, 11) is 0. The average molecular weight is 221 g/mol. The van der Waals surface area contributed by atoms with Crippen LogP contribution in [0.4, 0.5) is 4.79 Å². The van der Waals surface area contributed by atoms with E-state index in [0.29, 0.717) is 12.3 Å². The van der Waals surface area contributed by atoms with Crippen molar-refractivity contribution in [2.45, 2.75) is 19.8 Å². The van der Waals surface area contributed by atoms with Crippen molar-refractivity contribution in [2.75, 3.05) is 6.61 Å². The van der Waals surface area contributed by atoms with Gasteiger partial charge in [0.25, 0.3) is 0 Å². The van der Waals surface area contributed by atoms with Gasteiger partial charge in [0, 0.05) is 6.20 Å². The van der Waals surface area contributed by atoms with Gasteiger partial charge in [0.1, 0.15) is 5.69 Å². The van der Waals surface area contributed by atoms with Crippen molar-refractivity contribution in [3.63, 3.8) is 0 Å². The summed E-state index contributed by atoms with van der Waals surface area (Å²) in [4.78, 5) is 15.1. The Kier molecular flexibility index (Phi) is 4.98. The lowest BCUT2D eigenvalue weighted by molar-refractivity contribution is 0.150. The molecular weight excluding hydrogens is 206 g/mol. The highest BCUT2D eigenvalue weighted by Crippen LogP contribution is 1.94. The number of rotatable bonds is 4. The third-order valence-corrected chi connectivity index (χ3v) is 1.88. The van der Waals surface area contributed by atoms with Gasteiger partial charge in [-0.3, -0.25) is 15.7 Å². The Morgan fingerprint density at radius 3 is 3.00 bits per heavy atom. The number of ether oxygens (including phenoxy) is 1. The van der Waals surface area contributed by atoms with Gasteiger partial charge in [-0.15, -0.1) is 0 Å². The average Bonchev–Trinajstić information content (AvgIpc) is 2.30. The zero-order chi connectivity index (χ0) is 11.8. The fourth-order valence-corrected chi connectivity index (χ4v) is 1.02. The maximum atomic E-state index is 11.2. The van der Waals surface area contributed by atoms with Crippen molar-refractivity contribution in [3.8, 4) is 0 Å². The molecule has 0 aliphatic rings. The molecule has 1 heterocycles. The smallest absolute Gasteiger partial charge is 0.412 e. The summed E-state index contributed by atoms with van der Waals surface area (Å²) in [5.41, 5.74) is 0.412. The molecule has 2 N–H and O–H groups in total. The van der Waals surface area contributed by atoms with Crippen LogP contribution < -0.4 is 5.32 Å². The minimum Gasteiger partial charge on any atom is -0.449 e. The second-order valence-corrected chi connectivity index (χ2v) is 3.20. The van der Waals surface area contributed by atoms with Crippen LogP contribution in [0.2, 0.25) is 0 Å². The van der Waals surface area contributed by atoms with E-state index < -0.39 is 6.09 Å². The van der Waals surface area contributed by atoms with Gasteiger partial charge >= 0.3 is 6.09 Å². The third kappa shape index (κ3) is 4.08. The molecule has 86 valence electrons. The molecule has 0 aliphatic heterocycles. The lowest BCUT2D eigenvalue weighted by Gasteiger charge is -2.06. The first-order chi connectivity index (χ1) is 7.74. The van der Waals surface area contributed by atoms with E-state index in [1.165, 1.54) is 0 Å². The summed E-state index contributed by atoms with van der Waals surface area (Å²) in [5, 5.41) is 9.88. The van der Waals surface area contributed by atoms with Crippen LogP contribution in [-0.4, -0.2) is 23.5 Å². The fraction of sp³-hybridized carbons (Fsp3) is 0.364. The summed E-state index contributed by atoms with van der Waals surface area (Å²) in [6, 6.07) is 5.14. The molecule has 0 aromatic carbocycles. The zero-order valence-electron chi connectivity index (χ0n) is 9.19. The van der Waals surface area contributed by atoms with E-state index in [2.05, 4.69) is 10.3 Å². The van der Waals surface area contributed by atoms with E-state index in [9.17, 15) is 4.79 Å². The highest BCUT2D eigenvalue weighted by Gasteiger charge is 2.07. The maximum absolute atomic E-state index is 11.2. The summed E-state index contributed by atoms with van der Waals surface area (Å²) in [6.45, 7) is 2.38. The van der Waals surface area contributed by atoms with Crippen molar-refractivity contribution in [3.05, 3.63) is 30.1 Å². The van der Waals surface area contributed by atoms with Gasteiger partial charge in [-0.05, 0) is 18.6 Å². The van der Waals surface area contributed by atoms with Gasteiger partial charge < -0.3 is 4.74 Å². The van der Waals surface area contributed by atoms with Crippen LogP contribution >= 0.6 is 0 Å². The number of hydrogen-bond acceptors (Lipinski definition) is 4. The largest absolute Gasteiger partial charge is 0.449 e. The number of nitrogens with one attached hydrogen (secondary N) is 2. The second kappa shape index (κ2) is 6.55. The number of nitrogens with zero attached hydrogens (tertiary/aromatic N) is 1. The molecule has 1 rings (SSSR count). The molecule has 0 saturated carbocycles. The molecule has 1 aromatic heterocycles. The number of pyridine rings is 1. The number of hydrogen-bond donors (Lipinski definition) is 2. The minimum atomic E-state index is -0.607. The van der Waals surface area contributed by atoms with Crippen LogP contribution in [0.25, 0.3) is 0 Å². The van der Waals surface area contributed by atoms with Crippen LogP contribution in [0.15, 0.2) is 24.4 Å². The van der Waals surface area contributed by atoms with E-state index in [0.717, 1.165) is 12.8 Å². The summed E-state index contributed by atoms with van der Waals surface area (Å²) < 4.78 is 4.86. The van der Waals surface area contributed by atoms with Crippen molar-refractivity contribution in [2.24, 2.45) is 0 Å². The van der Waals surface area contributed by atoms with Crippen LogP contribution in [0.1, 0.15) is 25.5 Å². The Balaban J connectivity index is 2.37. The van der Waals surface area contributed by atoms with Gasteiger partial charge in [-0.25, -0.2) is 4.79 Å². The molecule has 1 aromatic rings. The van der Waals surface area contributed by atoms with E-state index in [1.54, 1.807) is 24.4 Å². The van der Waals surface area contributed by atoms with E-state index in [4.69, 9.17) is 10.1 Å². The molecule has 0 saturated heterocycles. The molecule has 1 amide bonds. The molecule has 0 bridgehead atoms. The Bertz CT molecular complexity index is 352. The Morgan fingerprint density at radius 2 is 2.38 bits per heavy atom. The van der Waals surface area contributed by atoms with E-state index in [1.807, 2.05) is 6.92 Å². The van der Waals surface area contributed by atoms with Gasteiger partial charge in [0.2, 0.25) is 0 Å². The highest BCUT2D eigenvalue weighted by atomic mass is 16.5. The van der Waals surface area contributed by atoms with Crippen molar-refractivity contribution >= 4 is 11.9 Å². The number of carbonyl (C=O) groups excluding carboxylic acids is 1. The lowest BCUT2D eigenvalue weighted by atomic mass is 10.3. The van der Waals surface area contributed by atoms with Crippen molar-refractivity contribution in [1.29, 1.82) is 5.41 Å². The molecule has 0 spiro atoms. The molecule has 0 fully saturated rings. The van der Waals surface area contributed by atoms with Crippen LogP contribution in [-0.2, 0) is 4.74 Å². The molecule has 16 heavy (non-hydrogen) atoms. The zero-order valence-corrected chi connectivity index (χ0v) is 9.19. The van der Waals surface area contributed by atoms with Crippen LogP contribution in [0.3, 0.4) is 0 Å². The summed E-state index contributed by atoms with van der Waals surface area (Å²) >= 11 is 0. The number of unbranched alkanes of at least 4 members (excludes halogenated alkanes) is 1. The lowest BCUT2D eigenvalue weighted by Crippen LogP contribution is -2.31. The number of amidine groups is 1. The molecule has 0 atom stereocenters. The monoisotopic (exact) mass is 221 g/mol. The summed E-state index contributed by atoms with van der Waals surface area (Å²) in [6.07, 6.45) is 2.74. The fourth-order valence-electron chi connectivity index (χ4n) is 1.02. The molecule has 0 radical (unpaired) electrons. The molecule has 5 heteroatoms. The molecule has 5 nitrogen and oxygen atoms in total. The molecule has 0 aliphatic carbocycles. The maximum Gasteiger partial charge on any atom is 0.412 e. The van der Waals surface area contributed by atoms with Crippen LogP contribution in [0.5, 0.6) is 0 Å². The molecular formula is C11H15N3O2. The topological polar surface area (TPSA) is 75.1 Å². The number of carbonyl (C=O) groups is 1.